The minimum absolute atomic E-state index is 0. The van der Waals surface area contributed by atoms with Crippen LogP contribution in [0.1, 0.15) is 96.8 Å². The summed E-state index contributed by atoms with van der Waals surface area (Å²) in [6.07, 6.45) is 18.9. The smallest absolute Gasteiger partial charge is 0.266 e. The maximum atomic E-state index is 11.9. The van der Waals surface area contributed by atoms with E-state index in [1.807, 2.05) is 29.9 Å². The summed E-state index contributed by atoms with van der Waals surface area (Å²) >= 11 is 0. The first kappa shape index (κ1) is 30.2. The molecule has 0 aliphatic heterocycles. The molecule has 2 aromatic rings. The van der Waals surface area contributed by atoms with Crippen molar-refractivity contribution in [3.05, 3.63) is 34.6 Å². The lowest BCUT2D eigenvalue weighted by Crippen LogP contribution is -2.16. The van der Waals surface area contributed by atoms with E-state index in [0.717, 1.165) is 23.4 Å². The number of benzene rings is 1. The standard InChI is InChI=1S/C28H46N2O3.ClH/c1-5-6-7-8-9-10-11-12-13-14-15-16-17-18-21-33-26-20-19-24(22-27(26)32-4)25-23-28(31)30(3)29(25)2;/h19-20,22-23H,5-18,21H2,1-4H3;1H. The quantitative estimate of drug-likeness (QED) is 0.199. The van der Waals surface area contributed by atoms with Gasteiger partial charge >= 0.3 is 0 Å². The Bertz CT molecular complexity index is 860. The van der Waals surface area contributed by atoms with Crippen molar-refractivity contribution in [2.24, 2.45) is 14.1 Å². The monoisotopic (exact) mass is 494 g/mol. The van der Waals surface area contributed by atoms with E-state index in [0.29, 0.717) is 12.4 Å². The van der Waals surface area contributed by atoms with E-state index in [1.54, 1.807) is 24.9 Å². The van der Waals surface area contributed by atoms with Crippen molar-refractivity contribution in [2.75, 3.05) is 13.7 Å². The van der Waals surface area contributed by atoms with Crippen LogP contribution in [0, 0.1) is 0 Å². The van der Waals surface area contributed by atoms with Crippen LogP contribution in [0.3, 0.4) is 0 Å². The highest BCUT2D eigenvalue weighted by atomic mass is 35.5. The lowest BCUT2D eigenvalue weighted by molar-refractivity contribution is 0.284. The van der Waals surface area contributed by atoms with Gasteiger partial charge in [-0.2, -0.15) is 0 Å². The molecule has 0 unspecified atom stereocenters. The molecule has 0 saturated carbocycles. The normalized spacial score (nSPS) is 10.8. The van der Waals surface area contributed by atoms with Gasteiger partial charge < -0.3 is 9.47 Å². The molecule has 1 aromatic heterocycles. The number of ether oxygens (including phenoxy) is 2. The molecule has 0 saturated heterocycles. The Morgan fingerprint density at radius 3 is 1.71 bits per heavy atom. The van der Waals surface area contributed by atoms with Crippen molar-refractivity contribution < 1.29 is 9.47 Å². The summed E-state index contributed by atoms with van der Waals surface area (Å²) in [5.74, 6) is 1.46. The first-order valence-electron chi connectivity index (χ1n) is 13.1. The fourth-order valence-corrected chi connectivity index (χ4v) is 4.31. The van der Waals surface area contributed by atoms with Crippen molar-refractivity contribution in [1.82, 2.24) is 9.36 Å². The number of halogens is 1. The van der Waals surface area contributed by atoms with Crippen LogP contribution >= 0.6 is 12.4 Å². The maximum Gasteiger partial charge on any atom is 0.266 e. The number of methoxy groups -OCH3 is 1. The van der Waals surface area contributed by atoms with Gasteiger partial charge in [-0.3, -0.25) is 14.2 Å². The molecule has 1 aromatic carbocycles. The van der Waals surface area contributed by atoms with E-state index < -0.39 is 0 Å². The molecule has 0 aliphatic rings. The van der Waals surface area contributed by atoms with Crippen LogP contribution in [0.2, 0.25) is 0 Å². The summed E-state index contributed by atoms with van der Waals surface area (Å²) in [7, 11) is 5.29. The van der Waals surface area contributed by atoms with Crippen molar-refractivity contribution in [1.29, 1.82) is 0 Å². The van der Waals surface area contributed by atoms with Crippen LogP contribution in [0.4, 0.5) is 0 Å². The minimum atomic E-state index is -0.0235. The Labute approximate surface area is 213 Å². The second-order valence-electron chi connectivity index (χ2n) is 9.23. The Morgan fingerprint density at radius 1 is 0.706 bits per heavy atom. The number of aromatic nitrogens is 2. The number of hydrogen-bond donors (Lipinski definition) is 0. The predicted octanol–water partition coefficient (Wildman–Crippen LogP) is 7.68. The zero-order valence-corrected chi connectivity index (χ0v) is 22.8. The molecular formula is C28H47ClN2O3. The largest absolute Gasteiger partial charge is 0.493 e. The maximum absolute atomic E-state index is 11.9. The van der Waals surface area contributed by atoms with Crippen molar-refractivity contribution in [2.45, 2.75) is 96.8 Å². The zero-order chi connectivity index (χ0) is 23.9. The van der Waals surface area contributed by atoms with Crippen molar-refractivity contribution >= 4 is 12.4 Å². The van der Waals surface area contributed by atoms with Crippen LogP contribution in [0.25, 0.3) is 11.3 Å². The number of nitrogens with zero attached hydrogens (tertiary/aromatic N) is 2. The van der Waals surface area contributed by atoms with Gasteiger partial charge in [-0.05, 0) is 24.6 Å². The molecule has 0 N–H and O–H groups in total. The molecule has 0 spiro atoms. The summed E-state index contributed by atoms with van der Waals surface area (Å²) < 4.78 is 15.0. The SMILES string of the molecule is CCCCCCCCCCCCCCCCOc1ccc(-c2cc(=O)n(C)n2C)cc1OC.Cl. The fourth-order valence-electron chi connectivity index (χ4n) is 4.31. The Kier molecular flexibility index (Phi) is 15.6. The average Bonchev–Trinajstić information content (AvgIpc) is 3.08. The van der Waals surface area contributed by atoms with E-state index in [1.165, 1.54) is 83.5 Å². The van der Waals surface area contributed by atoms with E-state index >= 15 is 0 Å². The summed E-state index contributed by atoms with van der Waals surface area (Å²) in [6, 6.07) is 7.51. The van der Waals surface area contributed by atoms with Crippen LogP contribution < -0.4 is 15.0 Å². The summed E-state index contributed by atoms with van der Waals surface area (Å²) in [6.45, 7) is 2.99. The highest BCUT2D eigenvalue weighted by molar-refractivity contribution is 5.85. The lowest BCUT2D eigenvalue weighted by Gasteiger charge is -2.13. The van der Waals surface area contributed by atoms with Crippen LogP contribution in [0.15, 0.2) is 29.1 Å². The van der Waals surface area contributed by atoms with E-state index in [2.05, 4.69) is 6.92 Å². The number of unbranched alkanes of at least 4 members (excludes halogenated alkanes) is 13. The van der Waals surface area contributed by atoms with Crippen LogP contribution in [0.5, 0.6) is 11.5 Å². The second-order valence-corrected chi connectivity index (χ2v) is 9.23. The molecule has 0 bridgehead atoms. The molecule has 0 amide bonds. The van der Waals surface area contributed by atoms with Gasteiger partial charge in [0.05, 0.1) is 19.4 Å². The van der Waals surface area contributed by atoms with Crippen LogP contribution in [-0.4, -0.2) is 23.1 Å². The van der Waals surface area contributed by atoms with Crippen molar-refractivity contribution in [3.8, 4) is 22.8 Å². The third-order valence-electron chi connectivity index (χ3n) is 6.59. The van der Waals surface area contributed by atoms with E-state index in [-0.39, 0.29) is 18.0 Å². The Morgan fingerprint density at radius 2 is 1.24 bits per heavy atom. The molecule has 0 fully saturated rings. The van der Waals surface area contributed by atoms with E-state index in [4.69, 9.17) is 9.47 Å². The molecule has 5 nitrogen and oxygen atoms in total. The van der Waals surface area contributed by atoms with Gasteiger partial charge in [0.2, 0.25) is 0 Å². The van der Waals surface area contributed by atoms with Gasteiger partial charge in [-0.15, -0.1) is 12.4 Å². The first-order valence-corrected chi connectivity index (χ1v) is 13.1. The Balaban J connectivity index is 0.00000578. The van der Waals surface area contributed by atoms with Gasteiger partial charge in [0.25, 0.3) is 5.56 Å². The summed E-state index contributed by atoms with van der Waals surface area (Å²) in [4.78, 5) is 11.9. The average molecular weight is 495 g/mol. The molecule has 0 atom stereocenters. The molecule has 0 radical (unpaired) electrons. The zero-order valence-electron chi connectivity index (χ0n) is 21.9. The number of rotatable bonds is 18. The highest BCUT2D eigenvalue weighted by Crippen LogP contribution is 2.32. The Hall–Kier alpha value is -1.88. The molecule has 194 valence electrons. The molecule has 1 heterocycles. The lowest BCUT2D eigenvalue weighted by atomic mass is 10.0. The van der Waals surface area contributed by atoms with Crippen LogP contribution in [-0.2, 0) is 14.1 Å². The third-order valence-corrected chi connectivity index (χ3v) is 6.59. The molecular weight excluding hydrogens is 448 g/mol. The fraction of sp³-hybridized carbons (Fsp3) is 0.679. The first-order chi connectivity index (χ1) is 16.1. The predicted molar refractivity (Wildman–Crippen MR) is 146 cm³/mol. The van der Waals surface area contributed by atoms with E-state index in [9.17, 15) is 4.79 Å². The molecule has 2 rings (SSSR count). The van der Waals surface area contributed by atoms with Gasteiger partial charge in [-0.1, -0.05) is 90.4 Å². The molecule has 6 heteroatoms. The summed E-state index contributed by atoms with van der Waals surface area (Å²) in [5.41, 5.74) is 1.78. The number of hydrogen-bond acceptors (Lipinski definition) is 3. The molecule has 0 aliphatic carbocycles. The summed E-state index contributed by atoms with van der Waals surface area (Å²) in [5, 5.41) is 0. The van der Waals surface area contributed by atoms with Gasteiger partial charge in [0, 0.05) is 25.7 Å². The third kappa shape index (κ3) is 10.2. The second kappa shape index (κ2) is 17.5. The molecule has 34 heavy (non-hydrogen) atoms. The topological polar surface area (TPSA) is 45.4 Å². The van der Waals surface area contributed by atoms with Gasteiger partial charge in [-0.25, -0.2) is 0 Å². The van der Waals surface area contributed by atoms with Gasteiger partial charge in [0.1, 0.15) is 0 Å². The highest BCUT2D eigenvalue weighted by Gasteiger charge is 2.11. The van der Waals surface area contributed by atoms with Crippen molar-refractivity contribution in [3.63, 3.8) is 0 Å². The van der Waals surface area contributed by atoms with Gasteiger partial charge in [0.15, 0.2) is 11.5 Å². The minimum Gasteiger partial charge on any atom is -0.493 e.